The molecule has 0 bridgehead atoms. The van der Waals surface area contributed by atoms with Crippen LogP contribution in [0.4, 0.5) is 0 Å². The number of hydrogen-bond donors (Lipinski definition) is 0. The van der Waals surface area contributed by atoms with Gasteiger partial charge in [0.2, 0.25) is 0 Å². The van der Waals surface area contributed by atoms with Gasteiger partial charge in [-0.3, -0.25) is 0 Å². The molecule has 120 valence electrons. The van der Waals surface area contributed by atoms with E-state index in [1.165, 1.54) is 5.56 Å². The van der Waals surface area contributed by atoms with Crippen LogP contribution < -0.4 is 0 Å². The molecule has 3 heteroatoms. The van der Waals surface area contributed by atoms with E-state index in [4.69, 9.17) is 4.74 Å². The molecule has 0 aromatic heterocycles. The Hall–Kier alpha value is -2.39. The molecule has 0 aliphatic rings. The van der Waals surface area contributed by atoms with Crippen LogP contribution in [0.25, 0.3) is 0 Å². The summed E-state index contributed by atoms with van der Waals surface area (Å²) in [4.78, 5) is 12.5. The second-order valence-corrected chi connectivity index (χ2v) is 6.34. The summed E-state index contributed by atoms with van der Waals surface area (Å²) >= 11 is 3.47. The van der Waals surface area contributed by atoms with E-state index in [1.54, 1.807) is 0 Å². The lowest BCUT2D eigenvalue weighted by molar-refractivity contribution is 0.0471. The van der Waals surface area contributed by atoms with Crippen molar-refractivity contribution in [2.75, 3.05) is 0 Å². The Morgan fingerprint density at radius 1 is 0.792 bits per heavy atom. The Labute approximate surface area is 150 Å². The molecule has 24 heavy (non-hydrogen) atoms. The minimum atomic E-state index is -0.294. The summed E-state index contributed by atoms with van der Waals surface area (Å²) in [5.74, 6) is -0.294. The van der Waals surface area contributed by atoms with Gasteiger partial charge in [0.25, 0.3) is 0 Å². The Bertz CT molecular complexity index is 828. The molecule has 0 saturated heterocycles. The lowest BCUT2D eigenvalue weighted by Gasteiger charge is -2.10. The zero-order chi connectivity index (χ0) is 16.8. The Morgan fingerprint density at radius 2 is 1.42 bits per heavy atom. The van der Waals surface area contributed by atoms with Crippen LogP contribution in [0.1, 0.15) is 27.0 Å². The summed E-state index contributed by atoms with van der Waals surface area (Å²) in [7, 11) is 0. The van der Waals surface area contributed by atoms with Gasteiger partial charge in [-0.2, -0.15) is 0 Å². The molecule has 0 spiro atoms. The largest absolute Gasteiger partial charge is 0.457 e. The topological polar surface area (TPSA) is 26.3 Å². The number of carbonyl (C=O) groups excluding carboxylic acids is 1. The molecule has 3 rings (SSSR count). The Balaban J connectivity index is 1.74. The van der Waals surface area contributed by atoms with Crippen molar-refractivity contribution in [2.24, 2.45) is 0 Å². The first-order valence-electron chi connectivity index (χ1n) is 7.76. The fourth-order valence-corrected chi connectivity index (χ4v) is 2.93. The first-order valence-corrected chi connectivity index (χ1v) is 8.55. The van der Waals surface area contributed by atoms with Crippen molar-refractivity contribution in [2.45, 2.75) is 13.0 Å². The van der Waals surface area contributed by atoms with Crippen LogP contribution in [0, 0.1) is 0 Å². The molecule has 0 saturated carbocycles. The van der Waals surface area contributed by atoms with Crippen molar-refractivity contribution in [3.63, 3.8) is 0 Å². The summed E-state index contributed by atoms with van der Waals surface area (Å²) < 4.78 is 6.44. The van der Waals surface area contributed by atoms with Gasteiger partial charge < -0.3 is 4.74 Å². The van der Waals surface area contributed by atoms with Gasteiger partial charge in [-0.15, -0.1) is 0 Å². The van der Waals surface area contributed by atoms with Gasteiger partial charge in [-0.1, -0.05) is 82.7 Å². The maximum Gasteiger partial charge on any atom is 0.338 e. The third-order valence-corrected chi connectivity index (χ3v) is 4.56. The predicted molar refractivity (Wildman–Crippen MR) is 99.0 cm³/mol. The maximum absolute atomic E-state index is 12.5. The number of benzene rings is 3. The molecule has 0 fully saturated rings. The second kappa shape index (κ2) is 7.93. The van der Waals surface area contributed by atoms with Crippen molar-refractivity contribution < 1.29 is 9.53 Å². The molecule has 0 aliphatic heterocycles. The number of rotatable bonds is 5. The van der Waals surface area contributed by atoms with E-state index in [0.717, 1.165) is 15.6 Å². The van der Waals surface area contributed by atoms with Crippen LogP contribution in [0.15, 0.2) is 83.3 Å². The molecule has 0 atom stereocenters. The number of esters is 1. The number of halogens is 1. The van der Waals surface area contributed by atoms with Crippen molar-refractivity contribution in [1.82, 2.24) is 0 Å². The van der Waals surface area contributed by atoms with E-state index in [9.17, 15) is 4.79 Å². The summed E-state index contributed by atoms with van der Waals surface area (Å²) in [6, 6.07) is 25.5. The number of carbonyl (C=O) groups is 1. The molecule has 0 N–H and O–H groups in total. The quantitative estimate of drug-likeness (QED) is 0.554. The fraction of sp³-hybridized carbons (Fsp3) is 0.0952. The maximum atomic E-state index is 12.5. The second-order valence-electron chi connectivity index (χ2n) is 5.49. The summed E-state index contributed by atoms with van der Waals surface area (Å²) in [5, 5.41) is 0. The average molecular weight is 381 g/mol. The van der Waals surface area contributed by atoms with Gasteiger partial charge in [-0.05, 0) is 29.7 Å². The SMILES string of the molecule is O=C(OCc1ccccc1Br)c1ccccc1Cc1ccccc1. The van der Waals surface area contributed by atoms with Crippen LogP contribution >= 0.6 is 15.9 Å². The van der Waals surface area contributed by atoms with Crippen molar-refractivity contribution in [3.8, 4) is 0 Å². The molecular formula is C21H17BrO2. The van der Waals surface area contributed by atoms with Gasteiger partial charge in [-0.25, -0.2) is 4.79 Å². The van der Waals surface area contributed by atoms with E-state index in [1.807, 2.05) is 66.7 Å². The van der Waals surface area contributed by atoms with Crippen LogP contribution in [0.2, 0.25) is 0 Å². The normalized spacial score (nSPS) is 10.4. The summed E-state index contributed by atoms with van der Waals surface area (Å²) in [6.45, 7) is 0.250. The minimum Gasteiger partial charge on any atom is -0.457 e. The van der Waals surface area contributed by atoms with Crippen LogP contribution in [-0.4, -0.2) is 5.97 Å². The number of ether oxygens (including phenoxy) is 1. The van der Waals surface area contributed by atoms with E-state index in [0.29, 0.717) is 12.0 Å². The highest BCUT2D eigenvalue weighted by atomic mass is 79.9. The molecule has 0 unspecified atom stereocenters. The zero-order valence-electron chi connectivity index (χ0n) is 13.1. The molecule has 0 radical (unpaired) electrons. The Morgan fingerprint density at radius 3 is 2.17 bits per heavy atom. The van der Waals surface area contributed by atoms with Gasteiger partial charge in [0.15, 0.2) is 0 Å². The first kappa shape index (κ1) is 16.5. The monoisotopic (exact) mass is 380 g/mol. The zero-order valence-corrected chi connectivity index (χ0v) is 14.7. The molecule has 3 aromatic carbocycles. The van der Waals surface area contributed by atoms with Gasteiger partial charge >= 0.3 is 5.97 Å². The van der Waals surface area contributed by atoms with E-state index >= 15 is 0 Å². The van der Waals surface area contributed by atoms with Crippen LogP contribution in [-0.2, 0) is 17.8 Å². The third-order valence-electron chi connectivity index (χ3n) is 3.79. The molecule has 0 aliphatic carbocycles. The highest BCUT2D eigenvalue weighted by molar-refractivity contribution is 9.10. The number of hydrogen-bond acceptors (Lipinski definition) is 2. The third kappa shape index (κ3) is 4.12. The van der Waals surface area contributed by atoms with Gasteiger partial charge in [0.05, 0.1) is 5.56 Å². The minimum absolute atomic E-state index is 0.250. The average Bonchev–Trinajstić information content (AvgIpc) is 2.62. The van der Waals surface area contributed by atoms with Crippen molar-refractivity contribution >= 4 is 21.9 Å². The lowest BCUT2D eigenvalue weighted by Crippen LogP contribution is -2.09. The first-order chi connectivity index (χ1) is 11.7. The lowest BCUT2D eigenvalue weighted by atomic mass is 10.00. The van der Waals surface area contributed by atoms with E-state index in [-0.39, 0.29) is 12.6 Å². The molecule has 3 aromatic rings. The summed E-state index contributed by atoms with van der Waals surface area (Å²) in [5.41, 5.74) is 3.71. The molecule has 2 nitrogen and oxygen atoms in total. The van der Waals surface area contributed by atoms with Crippen LogP contribution in [0.3, 0.4) is 0 Å². The van der Waals surface area contributed by atoms with Gasteiger partial charge in [0, 0.05) is 10.0 Å². The van der Waals surface area contributed by atoms with Crippen molar-refractivity contribution in [1.29, 1.82) is 0 Å². The van der Waals surface area contributed by atoms with E-state index < -0.39 is 0 Å². The highest BCUT2D eigenvalue weighted by Gasteiger charge is 2.13. The Kier molecular flexibility index (Phi) is 5.44. The predicted octanol–water partition coefficient (Wildman–Crippen LogP) is 5.40. The fourth-order valence-electron chi connectivity index (χ4n) is 2.53. The van der Waals surface area contributed by atoms with Crippen LogP contribution in [0.5, 0.6) is 0 Å². The highest BCUT2D eigenvalue weighted by Crippen LogP contribution is 2.19. The molecule has 0 heterocycles. The smallest absolute Gasteiger partial charge is 0.338 e. The molecular weight excluding hydrogens is 364 g/mol. The summed E-state index contributed by atoms with van der Waals surface area (Å²) in [6.07, 6.45) is 0.709. The van der Waals surface area contributed by atoms with Crippen molar-refractivity contribution in [3.05, 3.63) is 106 Å². The molecule has 0 amide bonds. The standard InChI is InChI=1S/C21H17BrO2/c22-20-13-7-5-11-18(20)15-24-21(23)19-12-6-4-10-17(19)14-16-8-2-1-3-9-16/h1-13H,14-15H2. The van der Waals surface area contributed by atoms with E-state index in [2.05, 4.69) is 28.1 Å². The van der Waals surface area contributed by atoms with Gasteiger partial charge in [0.1, 0.15) is 6.61 Å².